The van der Waals surface area contributed by atoms with Crippen LogP contribution in [-0.4, -0.2) is 14.1 Å². The van der Waals surface area contributed by atoms with Gasteiger partial charge >= 0.3 is 5.69 Å². The molecule has 0 saturated heterocycles. The second-order valence-electron chi connectivity index (χ2n) is 7.88. The van der Waals surface area contributed by atoms with Gasteiger partial charge in [0.2, 0.25) is 0 Å². The van der Waals surface area contributed by atoms with Crippen molar-refractivity contribution < 1.29 is 4.39 Å². The third-order valence-corrected chi connectivity index (χ3v) is 5.76. The number of nitrogens with zero attached hydrogens (tertiary/aromatic N) is 3. The molecule has 168 valence electrons. The zero-order chi connectivity index (χ0) is 23.4. The maximum atomic E-state index is 14.7. The molecule has 0 unspecified atom stereocenters. The van der Waals surface area contributed by atoms with Crippen LogP contribution in [0.3, 0.4) is 0 Å². The molecule has 0 spiro atoms. The van der Waals surface area contributed by atoms with E-state index in [9.17, 15) is 14.0 Å². The summed E-state index contributed by atoms with van der Waals surface area (Å²) in [6.45, 7) is 1.95. The summed E-state index contributed by atoms with van der Waals surface area (Å²) in [6, 6.07) is 20.4. The van der Waals surface area contributed by atoms with Crippen LogP contribution in [0.5, 0.6) is 0 Å². The molecule has 2 aromatic heterocycles. The standard InChI is InChI=1S/C26H25FN4O2/c1-18-24(21-12-5-6-13-22(21)27)25(32)31(17-23(28)19-9-3-2-4-10-19)26(33)30(18)16-14-20-11-7-8-15-29-20/h2-13,15,23H,14,16-17,28H2,1H3/t23-/m0/s1. The van der Waals surface area contributed by atoms with E-state index in [1.165, 1.54) is 10.6 Å². The molecule has 0 bridgehead atoms. The van der Waals surface area contributed by atoms with Gasteiger partial charge in [-0.25, -0.2) is 9.18 Å². The first-order valence-corrected chi connectivity index (χ1v) is 10.8. The van der Waals surface area contributed by atoms with Crippen molar-refractivity contribution in [1.82, 2.24) is 14.1 Å². The summed E-state index contributed by atoms with van der Waals surface area (Å²) in [7, 11) is 0. The lowest BCUT2D eigenvalue weighted by molar-refractivity contribution is 0.495. The van der Waals surface area contributed by atoms with Crippen LogP contribution in [0.2, 0.25) is 0 Å². The van der Waals surface area contributed by atoms with E-state index >= 15 is 0 Å². The predicted molar refractivity (Wildman–Crippen MR) is 126 cm³/mol. The first-order chi connectivity index (χ1) is 16.0. The van der Waals surface area contributed by atoms with Gasteiger partial charge in [-0.3, -0.25) is 18.9 Å². The lowest BCUT2D eigenvalue weighted by Gasteiger charge is -2.20. The van der Waals surface area contributed by atoms with E-state index in [2.05, 4.69) is 4.98 Å². The van der Waals surface area contributed by atoms with E-state index in [0.717, 1.165) is 15.8 Å². The summed E-state index contributed by atoms with van der Waals surface area (Å²) in [5, 5.41) is 0. The van der Waals surface area contributed by atoms with Crippen LogP contribution < -0.4 is 17.0 Å². The largest absolute Gasteiger partial charge is 0.331 e. The Balaban J connectivity index is 1.84. The molecule has 1 atom stereocenters. The van der Waals surface area contributed by atoms with Crippen LogP contribution in [0.15, 0.2) is 88.6 Å². The smallest absolute Gasteiger partial charge is 0.322 e. The van der Waals surface area contributed by atoms with Crippen LogP contribution in [0.4, 0.5) is 4.39 Å². The molecule has 7 heteroatoms. The molecule has 0 amide bonds. The molecular formula is C26H25FN4O2. The van der Waals surface area contributed by atoms with E-state index < -0.39 is 23.1 Å². The molecule has 0 fully saturated rings. The van der Waals surface area contributed by atoms with Crippen molar-refractivity contribution in [2.75, 3.05) is 0 Å². The number of hydrogen-bond acceptors (Lipinski definition) is 4. The topological polar surface area (TPSA) is 82.9 Å². The van der Waals surface area contributed by atoms with Gasteiger partial charge in [-0.2, -0.15) is 0 Å². The van der Waals surface area contributed by atoms with Crippen LogP contribution in [0, 0.1) is 12.7 Å². The van der Waals surface area contributed by atoms with Crippen molar-refractivity contribution in [1.29, 1.82) is 0 Å². The third kappa shape index (κ3) is 4.68. The Morgan fingerprint density at radius 3 is 2.33 bits per heavy atom. The summed E-state index contributed by atoms with van der Waals surface area (Å²) in [5.41, 5.74) is 7.67. The predicted octanol–water partition coefficient (Wildman–Crippen LogP) is 3.46. The maximum absolute atomic E-state index is 14.7. The molecule has 0 aliphatic heterocycles. The van der Waals surface area contributed by atoms with Gasteiger partial charge in [-0.05, 0) is 30.7 Å². The highest BCUT2D eigenvalue weighted by Gasteiger charge is 2.21. The molecule has 2 N–H and O–H groups in total. The highest BCUT2D eigenvalue weighted by atomic mass is 19.1. The Morgan fingerprint density at radius 1 is 0.939 bits per heavy atom. The molecule has 4 rings (SSSR count). The van der Waals surface area contributed by atoms with E-state index in [4.69, 9.17) is 5.73 Å². The van der Waals surface area contributed by atoms with E-state index in [1.54, 1.807) is 31.3 Å². The number of hydrogen-bond donors (Lipinski definition) is 1. The van der Waals surface area contributed by atoms with Gasteiger partial charge in [0.1, 0.15) is 5.82 Å². The Hall–Kier alpha value is -3.84. The van der Waals surface area contributed by atoms with Crippen LogP contribution in [0.25, 0.3) is 11.1 Å². The first-order valence-electron chi connectivity index (χ1n) is 10.8. The van der Waals surface area contributed by atoms with E-state index in [-0.39, 0.29) is 17.7 Å². The molecule has 2 heterocycles. The fourth-order valence-electron chi connectivity index (χ4n) is 3.97. The normalized spacial score (nSPS) is 12.0. The van der Waals surface area contributed by atoms with Gasteiger partial charge in [0, 0.05) is 42.2 Å². The highest BCUT2D eigenvalue weighted by Crippen LogP contribution is 2.22. The second-order valence-corrected chi connectivity index (χ2v) is 7.88. The van der Waals surface area contributed by atoms with Crippen molar-refractivity contribution in [2.45, 2.75) is 32.5 Å². The van der Waals surface area contributed by atoms with Crippen molar-refractivity contribution >= 4 is 0 Å². The molecule has 0 saturated carbocycles. The zero-order valence-corrected chi connectivity index (χ0v) is 18.3. The van der Waals surface area contributed by atoms with Gasteiger partial charge in [0.25, 0.3) is 5.56 Å². The number of benzene rings is 2. The summed E-state index contributed by atoms with van der Waals surface area (Å²) < 4.78 is 17.3. The van der Waals surface area contributed by atoms with Crippen LogP contribution in [-0.2, 0) is 19.5 Å². The molecule has 33 heavy (non-hydrogen) atoms. The van der Waals surface area contributed by atoms with Crippen molar-refractivity contribution in [3.05, 3.63) is 123 Å². The number of aromatic nitrogens is 3. The molecule has 0 aliphatic carbocycles. The van der Waals surface area contributed by atoms with Crippen molar-refractivity contribution in [2.24, 2.45) is 5.73 Å². The summed E-state index contributed by atoms with van der Waals surface area (Å²) >= 11 is 0. The molecule has 0 radical (unpaired) electrons. The van der Waals surface area contributed by atoms with Crippen LogP contribution >= 0.6 is 0 Å². The Labute approximate surface area is 190 Å². The monoisotopic (exact) mass is 444 g/mol. The minimum atomic E-state index is -0.572. The van der Waals surface area contributed by atoms with E-state index in [1.807, 2.05) is 48.5 Å². The molecule has 6 nitrogen and oxygen atoms in total. The summed E-state index contributed by atoms with van der Waals surface area (Å²) in [5.74, 6) is -0.522. The van der Waals surface area contributed by atoms with E-state index in [0.29, 0.717) is 18.7 Å². The fourth-order valence-corrected chi connectivity index (χ4v) is 3.97. The lowest BCUT2D eigenvalue weighted by atomic mass is 10.0. The number of aryl methyl sites for hydroxylation is 1. The lowest BCUT2D eigenvalue weighted by Crippen LogP contribution is -2.44. The highest BCUT2D eigenvalue weighted by molar-refractivity contribution is 5.65. The maximum Gasteiger partial charge on any atom is 0.331 e. The minimum absolute atomic E-state index is 0.0208. The molecule has 0 aliphatic rings. The van der Waals surface area contributed by atoms with Crippen molar-refractivity contribution in [3.8, 4) is 11.1 Å². The molecule has 4 aromatic rings. The Kier molecular flexibility index (Phi) is 6.60. The fraction of sp³-hybridized carbons (Fsp3) is 0.192. The number of halogens is 1. The van der Waals surface area contributed by atoms with Crippen molar-refractivity contribution in [3.63, 3.8) is 0 Å². The van der Waals surface area contributed by atoms with Gasteiger partial charge in [0.15, 0.2) is 0 Å². The average Bonchev–Trinajstić information content (AvgIpc) is 2.84. The van der Waals surface area contributed by atoms with Gasteiger partial charge in [-0.15, -0.1) is 0 Å². The molecular weight excluding hydrogens is 419 g/mol. The zero-order valence-electron chi connectivity index (χ0n) is 18.3. The third-order valence-electron chi connectivity index (χ3n) is 5.76. The van der Waals surface area contributed by atoms with Crippen LogP contribution in [0.1, 0.15) is 23.0 Å². The SMILES string of the molecule is Cc1c(-c2ccccc2F)c(=O)n(C[C@H](N)c2ccccc2)c(=O)n1CCc1ccccn1. The number of nitrogens with two attached hydrogens (primary N) is 1. The van der Waals surface area contributed by atoms with Gasteiger partial charge < -0.3 is 5.73 Å². The second kappa shape index (κ2) is 9.75. The average molecular weight is 445 g/mol. The Morgan fingerprint density at radius 2 is 1.64 bits per heavy atom. The summed E-state index contributed by atoms with van der Waals surface area (Å²) in [4.78, 5) is 31.2. The quantitative estimate of drug-likeness (QED) is 0.473. The first kappa shape index (κ1) is 22.4. The number of rotatable bonds is 7. The Bertz CT molecular complexity index is 1360. The van der Waals surface area contributed by atoms with Gasteiger partial charge in [-0.1, -0.05) is 54.6 Å². The summed E-state index contributed by atoms with van der Waals surface area (Å²) in [6.07, 6.45) is 2.18. The van der Waals surface area contributed by atoms with Gasteiger partial charge in [0.05, 0.1) is 12.1 Å². The minimum Gasteiger partial charge on any atom is -0.322 e. The molecule has 2 aromatic carbocycles. The number of pyridine rings is 1.